The van der Waals surface area contributed by atoms with Crippen molar-refractivity contribution in [3.8, 4) is 5.69 Å². The Morgan fingerprint density at radius 1 is 0.933 bits per heavy atom. The number of aryl methyl sites for hydroxylation is 2. The summed E-state index contributed by atoms with van der Waals surface area (Å²) in [5.41, 5.74) is 5.19. The van der Waals surface area contributed by atoms with E-state index in [1.807, 2.05) is 55.5 Å². The molecular formula is C25H26N4O. The molecule has 1 heterocycles. The molecule has 0 atom stereocenters. The lowest BCUT2D eigenvalue weighted by molar-refractivity contribution is 0.252. The molecule has 0 fully saturated rings. The first-order valence-electron chi connectivity index (χ1n) is 10.4. The van der Waals surface area contributed by atoms with E-state index in [9.17, 15) is 4.79 Å². The van der Waals surface area contributed by atoms with Gasteiger partial charge in [0.2, 0.25) is 0 Å². The molecule has 30 heavy (non-hydrogen) atoms. The molecule has 4 aromatic rings. The Labute approximate surface area is 176 Å². The van der Waals surface area contributed by atoms with Gasteiger partial charge in [-0.05, 0) is 54.8 Å². The summed E-state index contributed by atoms with van der Waals surface area (Å²) in [6.45, 7) is 2.70. The molecule has 0 aliphatic carbocycles. The highest BCUT2D eigenvalue weighted by Gasteiger charge is 2.12. The molecule has 0 aliphatic rings. The number of carbonyl (C=O) groups excluding carboxylic acids is 1. The number of rotatable bonds is 7. The maximum Gasteiger partial charge on any atom is 0.319 e. The lowest BCUT2D eigenvalue weighted by atomic mass is 10.1. The number of hydrogen-bond acceptors (Lipinski definition) is 2. The maximum absolute atomic E-state index is 11.9. The van der Waals surface area contributed by atoms with E-state index in [1.54, 1.807) is 0 Å². The number of urea groups is 1. The Bertz CT molecular complexity index is 1130. The third-order valence-corrected chi connectivity index (χ3v) is 5.00. The first kappa shape index (κ1) is 19.7. The number of imidazole rings is 1. The van der Waals surface area contributed by atoms with Crippen LogP contribution in [0.1, 0.15) is 24.7 Å². The standard InChI is InChI=1S/C25H26N4O/c1-2-17-26-25(30)27-20-10-8-9-19(18-20)15-16-24-28-22-13-6-7-14-23(22)29(24)21-11-4-3-5-12-21/h3-14,18H,2,15-17H2,1H3,(H2,26,27,30). The van der Waals surface area contributed by atoms with Gasteiger partial charge in [-0.15, -0.1) is 0 Å². The van der Waals surface area contributed by atoms with Crippen LogP contribution in [0.4, 0.5) is 10.5 Å². The molecule has 0 saturated carbocycles. The summed E-state index contributed by atoms with van der Waals surface area (Å²) in [6.07, 6.45) is 2.55. The summed E-state index contributed by atoms with van der Waals surface area (Å²) >= 11 is 0. The first-order valence-corrected chi connectivity index (χ1v) is 10.4. The molecule has 152 valence electrons. The van der Waals surface area contributed by atoms with Crippen molar-refractivity contribution in [1.82, 2.24) is 14.9 Å². The van der Waals surface area contributed by atoms with Crippen LogP contribution in [-0.2, 0) is 12.8 Å². The lowest BCUT2D eigenvalue weighted by Crippen LogP contribution is -2.29. The van der Waals surface area contributed by atoms with Crippen molar-refractivity contribution in [2.24, 2.45) is 0 Å². The molecule has 1 aromatic heterocycles. The van der Waals surface area contributed by atoms with Crippen molar-refractivity contribution in [1.29, 1.82) is 0 Å². The van der Waals surface area contributed by atoms with Gasteiger partial charge in [-0.25, -0.2) is 9.78 Å². The maximum atomic E-state index is 11.9. The number of aromatic nitrogens is 2. The van der Waals surface area contributed by atoms with Crippen molar-refractivity contribution in [3.05, 3.63) is 90.3 Å². The Kier molecular flexibility index (Phi) is 6.09. The summed E-state index contributed by atoms with van der Waals surface area (Å²) in [4.78, 5) is 16.8. The van der Waals surface area contributed by atoms with Crippen molar-refractivity contribution >= 4 is 22.8 Å². The summed E-state index contributed by atoms with van der Waals surface area (Å²) in [6, 6.07) is 26.4. The van der Waals surface area contributed by atoms with Gasteiger partial charge in [-0.1, -0.05) is 49.4 Å². The topological polar surface area (TPSA) is 59.0 Å². The zero-order valence-corrected chi connectivity index (χ0v) is 17.1. The highest BCUT2D eigenvalue weighted by Crippen LogP contribution is 2.23. The second-order valence-electron chi connectivity index (χ2n) is 7.27. The summed E-state index contributed by atoms with van der Waals surface area (Å²) in [5, 5.41) is 5.74. The smallest absolute Gasteiger partial charge is 0.319 e. The van der Waals surface area contributed by atoms with Crippen LogP contribution in [0.3, 0.4) is 0 Å². The van der Waals surface area contributed by atoms with Gasteiger partial charge in [0.05, 0.1) is 11.0 Å². The molecule has 0 radical (unpaired) electrons. The number of para-hydroxylation sites is 3. The number of benzene rings is 3. The number of nitrogens with zero attached hydrogens (tertiary/aromatic N) is 2. The molecule has 0 spiro atoms. The Hall–Kier alpha value is -3.60. The highest BCUT2D eigenvalue weighted by atomic mass is 16.2. The number of carbonyl (C=O) groups is 1. The van der Waals surface area contributed by atoms with Crippen LogP contribution in [0.25, 0.3) is 16.7 Å². The van der Waals surface area contributed by atoms with Crippen LogP contribution < -0.4 is 10.6 Å². The quantitative estimate of drug-likeness (QED) is 0.441. The summed E-state index contributed by atoms with van der Waals surface area (Å²) < 4.78 is 2.23. The number of hydrogen-bond donors (Lipinski definition) is 2. The Morgan fingerprint density at radius 3 is 2.57 bits per heavy atom. The van der Waals surface area contributed by atoms with Gasteiger partial charge in [0.25, 0.3) is 0 Å². The fraction of sp³-hybridized carbons (Fsp3) is 0.200. The van der Waals surface area contributed by atoms with E-state index >= 15 is 0 Å². The first-order chi connectivity index (χ1) is 14.7. The van der Waals surface area contributed by atoms with E-state index in [2.05, 4.69) is 45.5 Å². The van der Waals surface area contributed by atoms with E-state index in [0.29, 0.717) is 6.54 Å². The summed E-state index contributed by atoms with van der Waals surface area (Å²) in [7, 11) is 0. The highest BCUT2D eigenvalue weighted by molar-refractivity contribution is 5.89. The SMILES string of the molecule is CCCNC(=O)Nc1cccc(CCc2nc3ccccc3n2-c2ccccc2)c1. The van der Waals surface area contributed by atoms with Gasteiger partial charge >= 0.3 is 6.03 Å². The van der Waals surface area contributed by atoms with E-state index in [0.717, 1.165) is 53.1 Å². The van der Waals surface area contributed by atoms with Crippen molar-refractivity contribution in [2.75, 3.05) is 11.9 Å². The van der Waals surface area contributed by atoms with Crippen molar-refractivity contribution in [2.45, 2.75) is 26.2 Å². The van der Waals surface area contributed by atoms with E-state index in [-0.39, 0.29) is 6.03 Å². The number of amides is 2. The van der Waals surface area contributed by atoms with Crippen molar-refractivity contribution in [3.63, 3.8) is 0 Å². The lowest BCUT2D eigenvalue weighted by Gasteiger charge is -2.10. The fourth-order valence-electron chi connectivity index (χ4n) is 3.58. The molecular weight excluding hydrogens is 372 g/mol. The van der Waals surface area contributed by atoms with Gasteiger partial charge in [0, 0.05) is 24.3 Å². The van der Waals surface area contributed by atoms with Crippen LogP contribution in [0.2, 0.25) is 0 Å². The van der Waals surface area contributed by atoms with E-state index < -0.39 is 0 Å². The number of nitrogens with one attached hydrogen (secondary N) is 2. The Morgan fingerprint density at radius 2 is 1.73 bits per heavy atom. The third kappa shape index (κ3) is 4.51. The molecule has 5 nitrogen and oxygen atoms in total. The summed E-state index contributed by atoms with van der Waals surface area (Å²) in [5.74, 6) is 1.03. The van der Waals surface area contributed by atoms with Crippen LogP contribution in [0.5, 0.6) is 0 Å². The minimum atomic E-state index is -0.167. The van der Waals surface area contributed by atoms with Gasteiger partial charge < -0.3 is 10.6 Å². The molecule has 2 amide bonds. The van der Waals surface area contributed by atoms with Gasteiger partial charge in [-0.3, -0.25) is 4.57 Å². The molecule has 2 N–H and O–H groups in total. The van der Waals surface area contributed by atoms with Gasteiger partial charge in [0.15, 0.2) is 0 Å². The molecule has 0 saturated heterocycles. The molecule has 0 bridgehead atoms. The van der Waals surface area contributed by atoms with Crippen LogP contribution in [0, 0.1) is 0 Å². The average molecular weight is 399 g/mol. The minimum Gasteiger partial charge on any atom is -0.338 e. The largest absolute Gasteiger partial charge is 0.338 e. The predicted octanol–water partition coefficient (Wildman–Crippen LogP) is 5.34. The van der Waals surface area contributed by atoms with Gasteiger partial charge in [-0.2, -0.15) is 0 Å². The predicted molar refractivity (Wildman–Crippen MR) is 122 cm³/mol. The van der Waals surface area contributed by atoms with Gasteiger partial charge in [0.1, 0.15) is 5.82 Å². The number of anilines is 1. The molecule has 4 rings (SSSR count). The normalized spacial score (nSPS) is 10.8. The van der Waals surface area contributed by atoms with E-state index in [1.165, 1.54) is 0 Å². The zero-order chi connectivity index (χ0) is 20.8. The van der Waals surface area contributed by atoms with E-state index in [4.69, 9.17) is 4.98 Å². The fourth-order valence-corrected chi connectivity index (χ4v) is 3.58. The second-order valence-corrected chi connectivity index (χ2v) is 7.27. The van der Waals surface area contributed by atoms with Crippen LogP contribution >= 0.6 is 0 Å². The second kappa shape index (κ2) is 9.27. The van der Waals surface area contributed by atoms with Crippen LogP contribution in [-0.4, -0.2) is 22.1 Å². The monoisotopic (exact) mass is 398 g/mol. The minimum absolute atomic E-state index is 0.167. The molecule has 5 heteroatoms. The molecule has 0 aliphatic heterocycles. The molecule has 0 unspecified atom stereocenters. The molecule has 3 aromatic carbocycles. The average Bonchev–Trinajstić information content (AvgIpc) is 3.15. The van der Waals surface area contributed by atoms with Crippen LogP contribution in [0.15, 0.2) is 78.9 Å². The Balaban J connectivity index is 1.55. The zero-order valence-electron chi connectivity index (χ0n) is 17.1. The third-order valence-electron chi connectivity index (χ3n) is 5.00. The van der Waals surface area contributed by atoms with Crippen molar-refractivity contribution < 1.29 is 4.79 Å². The number of fused-ring (bicyclic) bond motifs is 1.